The number of piperidine rings is 1. The second-order valence-electron chi connectivity index (χ2n) is 5.12. The molecular formula is C16H16N2O2. The Morgan fingerprint density at radius 3 is 2.60 bits per heavy atom. The third-order valence-corrected chi connectivity index (χ3v) is 3.71. The van der Waals surface area contributed by atoms with Crippen LogP contribution in [0.25, 0.3) is 10.8 Å². The van der Waals surface area contributed by atoms with Crippen molar-refractivity contribution in [1.82, 2.24) is 5.32 Å². The molecule has 4 nitrogen and oxygen atoms in total. The van der Waals surface area contributed by atoms with Crippen molar-refractivity contribution in [2.24, 2.45) is 0 Å². The van der Waals surface area contributed by atoms with E-state index in [1.54, 1.807) is 0 Å². The Morgan fingerprint density at radius 2 is 1.85 bits per heavy atom. The summed E-state index contributed by atoms with van der Waals surface area (Å²) in [6, 6.07) is 11.8. The lowest BCUT2D eigenvalue weighted by atomic mass is 10.0. The van der Waals surface area contributed by atoms with Gasteiger partial charge < -0.3 is 5.32 Å². The van der Waals surface area contributed by atoms with Gasteiger partial charge in [0.2, 0.25) is 11.8 Å². The third-order valence-electron chi connectivity index (χ3n) is 3.71. The lowest BCUT2D eigenvalue weighted by molar-refractivity contribution is -0.133. The monoisotopic (exact) mass is 268 g/mol. The molecule has 0 aliphatic carbocycles. The average molecular weight is 268 g/mol. The molecule has 1 fully saturated rings. The molecule has 0 aromatic heterocycles. The largest absolute Gasteiger partial charge is 0.373 e. The van der Waals surface area contributed by atoms with E-state index >= 15 is 0 Å². The minimum Gasteiger partial charge on any atom is -0.373 e. The smallest absolute Gasteiger partial charge is 0.249 e. The molecule has 2 amide bonds. The maximum Gasteiger partial charge on any atom is 0.249 e. The van der Waals surface area contributed by atoms with E-state index < -0.39 is 0 Å². The number of carbonyl (C=O) groups excluding carboxylic acids is 2. The minimum absolute atomic E-state index is 0.193. The van der Waals surface area contributed by atoms with E-state index in [-0.39, 0.29) is 17.9 Å². The Bertz CT molecular complexity index is 694. The van der Waals surface area contributed by atoms with Crippen LogP contribution in [-0.2, 0) is 9.59 Å². The first-order chi connectivity index (χ1) is 9.65. The van der Waals surface area contributed by atoms with E-state index in [0.29, 0.717) is 12.8 Å². The van der Waals surface area contributed by atoms with Crippen LogP contribution in [0.2, 0.25) is 0 Å². The molecule has 2 aromatic rings. The second kappa shape index (κ2) is 4.96. The molecule has 1 atom stereocenters. The van der Waals surface area contributed by atoms with E-state index in [2.05, 4.69) is 23.6 Å². The predicted octanol–water partition coefficient (Wildman–Crippen LogP) is 2.37. The minimum atomic E-state index is -0.348. The van der Waals surface area contributed by atoms with Gasteiger partial charge in [-0.3, -0.25) is 14.9 Å². The molecule has 20 heavy (non-hydrogen) atoms. The Labute approximate surface area is 117 Å². The molecular weight excluding hydrogens is 252 g/mol. The normalized spacial score (nSPS) is 18.9. The highest BCUT2D eigenvalue weighted by Crippen LogP contribution is 2.27. The summed E-state index contributed by atoms with van der Waals surface area (Å²) in [5, 5.41) is 7.89. The van der Waals surface area contributed by atoms with Gasteiger partial charge >= 0.3 is 0 Å². The van der Waals surface area contributed by atoms with Crippen LogP contribution >= 0.6 is 0 Å². The molecule has 2 N–H and O–H groups in total. The highest BCUT2D eigenvalue weighted by molar-refractivity contribution is 6.03. The zero-order valence-electron chi connectivity index (χ0n) is 11.3. The maximum absolute atomic E-state index is 11.8. The van der Waals surface area contributed by atoms with Crippen molar-refractivity contribution >= 4 is 28.3 Å². The second-order valence-corrected chi connectivity index (χ2v) is 5.12. The first kappa shape index (κ1) is 12.7. The zero-order chi connectivity index (χ0) is 14.1. The Hall–Kier alpha value is -2.36. The Kier molecular flexibility index (Phi) is 3.14. The number of nitrogens with one attached hydrogen (secondary N) is 2. The molecule has 0 bridgehead atoms. The van der Waals surface area contributed by atoms with Crippen LogP contribution in [0.4, 0.5) is 5.69 Å². The van der Waals surface area contributed by atoms with Gasteiger partial charge in [0.1, 0.15) is 6.04 Å². The van der Waals surface area contributed by atoms with Crippen molar-refractivity contribution in [1.29, 1.82) is 0 Å². The van der Waals surface area contributed by atoms with Crippen molar-refractivity contribution < 1.29 is 9.59 Å². The van der Waals surface area contributed by atoms with Crippen LogP contribution in [0.1, 0.15) is 18.4 Å². The number of benzene rings is 2. The fourth-order valence-electron chi connectivity index (χ4n) is 2.59. The van der Waals surface area contributed by atoms with Gasteiger partial charge in [0, 0.05) is 17.5 Å². The van der Waals surface area contributed by atoms with Crippen LogP contribution in [0.15, 0.2) is 36.4 Å². The van der Waals surface area contributed by atoms with E-state index in [9.17, 15) is 9.59 Å². The summed E-state index contributed by atoms with van der Waals surface area (Å²) in [4.78, 5) is 23.0. The van der Waals surface area contributed by atoms with Crippen molar-refractivity contribution in [3.63, 3.8) is 0 Å². The average Bonchev–Trinajstić information content (AvgIpc) is 2.45. The molecule has 1 saturated heterocycles. The summed E-state index contributed by atoms with van der Waals surface area (Å²) >= 11 is 0. The van der Waals surface area contributed by atoms with Crippen molar-refractivity contribution in [2.75, 3.05) is 5.32 Å². The number of anilines is 1. The molecule has 102 valence electrons. The first-order valence-electron chi connectivity index (χ1n) is 6.74. The molecule has 0 radical (unpaired) electrons. The number of aryl methyl sites for hydroxylation is 1. The molecule has 3 rings (SSSR count). The summed E-state index contributed by atoms with van der Waals surface area (Å²) < 4.78 is 0. The number of hydrogen-bond donors (Lipinski definition) is 2. The SMILES string of the molecule is Cc1ccc(NC2CCC(=O)NC2=O)c2ccccc12. The van der Waals surface area contributed by atoms with Crippen molar-refractivity contribution in [3.05, 3.63) is 42.0 Å². The van der Waals surface area contributed by atoms with Crippen LogP contribution in [0.3, 0.4) is 0 Å². The lowest BCUT2D eigenvalue weighted by Gasteiger charge is -2.23. The topological polar surface area (TPSA) is 58.2 Å². The summed E-state index contributed by atoms with van der Waals surface area (Å²) in [5.41, 5.74) is 2.13. The Morgan fingerprint density at radius 1 is 1.10 bits per heavy atom. The Balaban J connectivity index is 1.93. The number of fused-ring (bicyclic) bond motifs is 1. The number of imide groups is 1. The fourth-order valence-corrected chi connectivity index (χ4v) is 2.59. The summed E-state index contributed by atoms with van der Waals surface area (Å²) in [6.07, 6.45) is 0.917. The van der Waals surface area contributed by atoms with Gasteiger partial charge in [-0.05, 0) is 30.4 Å². The summed E-state index contributed by atoms with van der Waals surface area (Å²) in [6.45, 7) is 2.07. The van der Waals surface area contributed by atoms with Gasteiger partial charge in [0.05, 0.1) is 0 Å². The number of hydrogen-bond acceptors (Lipinski definition) is 3. The number of amides is 2. The molecule has 0 spiro atoms. The van der Waals surface area contributed by atoms with Gasteiger partial charge in [0.15, 0.2) is 0 Å². The molecule has 1 aliphatic heterocycles. The van der Waals surface area contributed by atoms with Crippen LogP contribution in [0, 0.1) is 6.92 Å². The number of rotatable bonds is 2. The standard InChI is InChI=1S/C16H16N2O2/c1-10-6-7-13(12-5-3-2-4-11(10)12)17-14-8-9-15(19)18-16(14)20/h2-7,14,17H,8-9H2,1H3,(H,18,19,20). The first-order valence-corrected chi connectivity index (χ1v) is 6.74. The summed E-state index contributed by atoms with van der Waals surface area (Å²) in [5.74, 6) is -0.437. The zero-order valence-corrected chi connectivity index (χ0v) is 11.3. The molecule has 0 saturated carbocycles. The molecule has 1 unspecified atom stereocenters. The van der Waals surface area contributed by atoms with Crippen molar-refractivity contribution in [3.8, 4) is 0 Å². The molecule has 1 heterocycles. The molecule has 4 heteroatoms. The van der Waals surface area contributed by atoms with Gasteiger partial charge in [-0.25, -0.2) is 0 Å². The van der Waals surface area contributed by atoms with Gasteiger partial charge in [-0.1, -0.05) is 30.3 Å². The van der Waals surface area contributed by atoms with E-state index in [1.807, 2.05) is 30.3 Å². The van der Waals surface area contributed by atoms with Crippen molar-refractivity contribution in [2.45, 2.75) is 25.8 Å². The maximum atomic E-state index is 11.8. The van der Waals surface area contributed by atoms with Crippen LogP contribution in [-0.4, -0.2) is 17.9 Å². The third kappa shape index (κ3) is 2.25. The summed E-state index contributed by atoms with van der Waals surface area (Å²) in [7, 11) is 0. The van der Waals surface area contributed by atoms with Gasteiger partial charge in [-0.2, -0.15) is 0 Å². The highest BCUT2D eigenvalue weighted by Gasteiger charge is 2.26. The molecule has 1 aliphatic rings. The van der Waals surface area contributed by atoms with Crippen LogP contribution in [0.5, 0.6) is 0 Å². The lowest BCUT2D eigenvalue weighted by Crippen LogP contribution is -2.47. The van der Waals surface area contributed by atoms with Gasteiger partial charge in [-0.15, -0.1) is 0 Å². The fraction of sp³-hybridized carbons (Fsp3) is 0.250. The predicted molar refractivity (Wildman–Crippen MR) is 78.5 cm³/mol. The van der Waals surface area contributed by atoms with Crippen LogP contribution < -0.4 is 10.6 Å². The molecule has 2 aromatic carbocycles. The van der Waals surface area contributed by atoms with Gasteiger partial charge in [0.25, 0.3) is 0 Å². The van der Waals surface area contributed by atoms with E-state index in [4.69, 9.17) is 0 Å². The number of carbonyl (C=O) groups is 2. The highest BCUT2D eigenvalue weighted by atomic mass is 16.2. The quantitative estimate of drug-likeness (QED) is 0.822. The van der Waals surface area contributed by atoms with E-state index in [0.717, 1.165) is 11.1 Å². The van der Waals surface area contributed by atoms with E-state index in [1.165, 1.54) is 10.9 Å².